The van der Waals surface area contributed by atoms with E-state index in [1.165, 1.54) is 10.7 Å². The first-order valence-corrected chi connectivity index (χ1v) is 9.36. The fourth-order valence-electron chi connectivity index (χ4n) is 2.94. The van der Waals surface area contributed by atoms with Crippen molar-refractivity contribution in [2.24, 2.45) is 0 Å². The quantitative estimate of drug-likeness (QED) is 0.605. The molecular formula is C22H21ClN2O2. The summed E-state index contributed by atoms with van der Waals surface area (Å²) in [4.78, 5) is 24.1. The summed E-state index contributed by atoms with van der Waals surface area (Å²) in [7, 11) is 0. The van der Waals surface area contributed by atoms with Crippen molar-refractivity contribution < 1.29 is 4.79 Å². The highest BCUT2D eigenvalue weighted by Gasteiger charge is 2.07. The first-order valence-electron chi connectivity index (χ1n) is 8.99. The smallest absolute Gasteiger partial charge is 0.267 e. The van der Waals surface area contributed by atoms with Crippen molar-refractivity contribution in [2.45, 2.75) is 32.7 Å². The molecule has 0 N–H and O–H groups in total. The number of halogens is 1. The number of rotatable bonds is 7. The average Bonchev–Trinajstić information content (AvgIpc) is 2.65. The summed E-state index contributed by atoms with van der Waals surface area (Å²) in [6.07, 6.45) is 1.87. The van der Waals surface area contributed by atoms with Crippen molar-refractivity contribution in [1.82, 2.24) is 9.78 Å². The predicted molar refractivity (Wildman–Crippen MR) is 108 cm³/mol. The molecule has 0 aliphatic carbocycles. The van der Waals surface area contributed by atoms with Crippen LogP contribution in [0.5, 0.6) is 0 Å². The summed E-state index contributed by atoms with van der Waals surface area (Å²) in [6, 6.07) is 18.3. The van der Waals surface area contributed by atoms with E-state index in [0.717, 1.165) is 23.1 Å². The number of carbonyl (C=O) groups excluding carboxylic acids is 1. The normalized spacial score (nSPS) is 10.7. The van der Waals surface area contributed by atoms with Crippen molar-refractivity contribution in [3.8, 4) is 11.3 Å². The molecule has 3 aromatic rings. The molecule has 0 amide bonds. The van der Waals surface area contributed by atoms with Crippen molar-refractivity contribution in [3.05, 3.63) is 87.2 Å². The van der Waals surface area contributed by atoms with Crippen molar-refractivity contribution in [2.75, 3.05) is 0 Å². The zero-order valence-electron chi connectivity index (χ0n) is 15.2. The Kier molecular flexibility index (Phi) is 6.20. The fraction of sp³-hybridized carbons (Fsp3) is 0.227. The summed E-state index contributed by atoms with van der Waals surface area (Å²) in [6.45, 7) is 2.36. The summed E-state index contributed by atoms with van der Waals surface area (Å²) >= 11 is 5.93. The van der Waals surface area contributed by atoms with E-state index < -0.39 is 0 Å². The van der Waals surface area contributed by atoms with Gasteiger partial charge in [-0.25, -0.2) is 4.68 Å². The Labute approximate surface area is 163 Å². The molecule has 0 saturated heterocycles. The standard InChI is InChI=1S/C22H21ClN2O2/c1-2-4-20(26)14-16-5-3-6-17(13-16)15-25-22(27)12-11-21(24-25)18-7-9-19(23)10-8-18/h3,5-13H,2,4,14-15H2,1H3. The Morgan fingerprint density at radius 3 is 2.52 bits per heavy atom. The SMILES string of the molecule is CCCC(=O)Cc1cccc(Cn2nc(-c3ccc(Cl)cc3)ccc2=O)c1. The highest BCUT2D eigenvalue weighted by Crippen LogP contribution is 2.18. The van der Waals surface area contributed by atoms with E-state index in [0.29, 0.717) is 30.1 Å². The Hall–Kier alpha value is -2.72. The van der Waals surface area contributed by atoms with Gasteiger partial charge in [-0.05, 0) is 35.7 Å². The molecule has 0 fully saturated rings. The molecule has 1 aromatic heterocycles. The third kappa shape index (κ3) is 5.14. The van der Waals surface area contributed by atoms with E-state index in [1.807, 2.05) is 43.3 Å². The average molecular weight is 381 g/mol. The predicted octanol–water partition coefficient (Wildman–Crippen LogP) is 4.52. The zero-order valence-corrected chi connectivity index (χ0v) is 15.9. The van der Waals surface area contributed by atoms with Crippen LogP contribution in [0.2, 0.25) is 5.02 Å². The largest absolute Gasteiger partial charge is 0.299 e. The second kappa shape index (κ2) is 8.78. The fourth-order valence-corrected chi connectivity index (χ4v) is 3.07. The molecule has 0 radical (unpaired) electrons. The van der Waals surface area contributed by atoms with Gasteiger partial charge in [0.25, 0.3) is 5.56 Å². The third-order valence-corrected chi connectivity index (χ3v) is 4.51. The minimum Gasteiger partial charge on any atom is -0.299 e. The number of ketones is 1. The van der Waals surface area contributed by atoms with Crippen LogP contribution in [-0.2, 0) is 17.8 Å². The van der Waals surface area contributed by atoms with Gasteiger partial charge in [0.05, 0.1) is 12.2 Å². The number of hydrogen-bond acceptors (Lipinski definition) is 3. The number of aromatic nitrogens is 2. The van der Waals surface area contributed by atoms with Gasteiger partial charge in [0.15, 0.2) is 0 Å². The van der Waals surface area contributed by atoms with E-state index in [2.05, 4.69) is 5.10 Å². The number of hydrogen-bond donors (Lipinski definition) is 0. The zero-order chi connectivity index (χ0) is 19.2. The van der Waals surface area contributed by atoms with Crippen LogP contribution in [0.15, 0.2) is 65.5 Å². The molecule has 0 saturated carbocycles. The Balaban J connectivity index is 1.83. The lowest BCUT2D eigenvalue weighted by molar-refractivity contribution is -0.118. The first-order chi connectivity index (χ1) is 13.0. The minimum atomic E-state index is -0.167. The van der Waals surface area contributed by atoms with Gasteiger partial charge < -0.3 is 0 Å². The first kappa shape index (κ1) is 19.1. The number of benzene rings is 2. The molecule has 0 aliphatic rings. The van der Waals surface area contributed by atoms with Gasteiger partial charge in [0, 0.05) is 29.5 Å². The van der Waals surface area contributed by atoms with Crippen LogP contribution in [0.1, 0.15) is 30.9 Å². The molecular weight excluding hydrogens is 360 g/mol. The maximum atomic E-state index is 12.2. The lowest BCUT2D eigenvalue weighted by Crippen LogP contribution is -2.22. The third-order valence-electron chi connectivity index (χ3n) is 4.26. The van der Waals surface area contributed by atoms with Crippen LogP contribution in [0, 0.1) is 0 Å². The van der Waals surface area contributed by atoms with Gasteiger partial charge in [0.1, 0.15) is 5.78 Å². The van der Waals surface area contributed by atoms with E-state index in [4.69, 9.17) is 11.6 Å². The minimum absolute atomic E-state index is 0.167. The second-order valence-electron chi connectivity index (χ2n) is 6.51. The second-order valence-corrected chi connectivity index (χ2v) is 6.94. The molecule has 27 heavy (non-hydrogen) atoms. The van der Waals surface area contributed by atoms with Gasteiger partial charge in [-0.15, -0.1) is 0 Å². The van der Waals surface area contributed by atoms with Crippen LogP contribution < -0.4 is 5.56 Å². The molecule has 5 heteroatoms. The molecule has 0 atom stereocenters. The van der Waals surface area contributed by atoms with Crippen LogP contribution >= 0.6 is 11.6 Å². The Bertz CT molecular complexity index is 994. The molecule has 2 aromatic carbocycles. The van der Waals surface area contributed by atoms with Gasteiger partial charge in [-0.1, -0.05) is 54.9 Å². The molecule has 0 spiro atoms. The summed E-state index contributed by atoms with van der Waals surface area (Å²) < 4.78 is 1.44. The lowest BCUT2D eigenvalue weighted by atomic mass is 10.0. The molecule has 0 unspecified atom stereocenters. The summed E-state index contributed by atoms with van der Waals surface area (Å²) in [5.41, 5.74) is 3.35. The Morgan fingerprint density at radius 2 is 1.78 bits per heavy atom. The molecule has 0 bridgehead atoms. The van der Waals surface area contributed by atoms with Gasteiger partial charge in [-0.2, -0.15) is 5.10 Å². The topological polar surface area (TPSA) is 52.0 Å². The lowest BCUT2D eigenvalue weighted by Gasteiger charge is -2.09. The number of nitrogens with zero attached hydrogens (tertiary/aromatic N) is 2. The molecule has 138 valence electrons. The number of carbonyl (C=O) groups is 1. The van der Waals surface area contributed by atoms with Crippen molar-refractivity contribution in [1.29, 1.82) is 0 Å². The molecule has 1 heterocycles. The maximum Gasteiger partial charge on any atom is 0.267 e. The highest BCUT2D eigenvalue weighted by molar-refractivity contribution is 6.30. The van der Waals surface area contributed by atoms with Crippen molar-refractivity contribution >= 4 is 17.4 Å². The summed E-state index contributed by atoms with van der Waals surface area (Å²) in [5, 5.41) is 5.14. The number of Topliss-reactive ketones (excluding diaryl/α,β-unsaturated/α-hetero) is 1. The van der Waals surface area contributed by atoms with Gasteiger partial charge >= 0.3 is 0 Å². The Morgan fingerprint density at radius 1 is 1.04 bits per heavy atom. The van der Waals surface area contributed by atoms with E-state index >= 15 is 0 Å². The monoisotopic (exact) mass is 380 g/mol. The van der Waals surface area contributed by atoms with Crippen LogP contribution in [0.4, 0.5) is 0 Å². The maximum absolute atomic E-state index is 12.2. The van der Waals surface area contributed by atoms with Gasteiger partial charge in [0.2, 0.25) is 0 Å². The van der Waals surface area contributed by atoms with Crippen LogP contribution in [0.3, 0.4) is 0 Å². The summed E-state index contributed by atoms with van der Waals surface area (Å²) in [5.74, 6) is 0.231. The van der Waals surface area contributed by atoms with E-state index in [-0.39, 0.29) is 11.3 Å². The van der Waals surface area contributed by atoms with Crippen molar-refractivity contribution in [3.63, 3.8) is 0 Å². The molecule has 3 rings (SSSR count). The molecule has 4 nitrogen and oxygen atoms in total. The highest BCUT2D eigenvalue weighted by atomic mass is 35.5. The van der Waals surface area contributed by atoms with Gasteiger partial charge in [-0.3, -0.25) is 9.59 Å². The van der Waals surface area contributed by atoms with Crippen LogP contribution in [0.25, 0.3) is 11.3 Å². The molecule has 0 aliphatic heterocycles. The van der Waals surface area contributed by atoms with Crippen LogP contribution in [-0.4, -0.2) is 15.6 Å². The van der Waals surface area contributed by atoms with E-state index in [9.17, 15) is 9.59 Å². The van der Waals surface area contributed by atoms with E-state index in [1.54, 1.807) is 18.2 Å².